The van der Waals surface area contributed by atoms with E-state index in [9.17, 15) is 14.9 Å². The summed E-state index contributed by atoms with van der Waals surface area (Å²) in [5.41, 5.74) is 5.66. The molecule has 0 aliphatic heterocycles. The molecule has 17 heavy (non-hydrogen) atoms. The number of para-hydroxylation sites is 2. The van der Waals surface area contributed by atoms with Crippen LogP contribution in [0.4, 0.5) is 11.4 Å². The van der Waals surface area contributed by atoms with Gasteiger partial charge in [-0.05, 0) is 12.5 Å². The number of anilines is 1. The number of benzene rings is 1. The monoisotopic (exact) mass is 237 g/mol. The lowest BCUT2D eigenvalue weighted by molar-refractivity contribution is -0.383. The Morgan fingerprint density at radius 3 is 2.76 bits per heavy atom. The highest BCUT2D eigenvalue weighted by Crippen LogP contribution is 2.23. The summed E-state index contributed by atoms with van der Waals surface area (Å²) < 4.78 is 0. The Labute approximate surface area is 99.0 Å². The van der Waals surface area contributed by atoms with Gasteiger partial charge in [0.05, 0.1) is 11.0 Å². The summed E-state index contributed by atoms with van der Waals surface area (Å²) in [6, 6.07) is 5.34. The maximum atomic E-state index is 11.6. The smallest absolute Gasteiger partial charge is 0.292 e. The second kappa shape index (κ2) is 5.95. The highest BCUT2D eigenvalue weighted by molar-refractivity contribution is 5.96. The first kappa shape index (κ1) is 13.1. The first-order valence-electron chi connectivity index (χ1n) is 5.36. The molecule has 0 aromatic heterocycles. The van der Waals surface area contributed by atoms with Gasteiger partial charge in [0.15, 0.2) is 0 Å². The molecule has 1 aromatic rings. The molecular formula is C11H15N3O3. The van der Waals surface area contributed by atoms with E-state index in [1.807, 2.05) is 6.92 Å². The molecule has 0 radical (unpaired) electrons. The van der Waals surface area contributed by atoms with E-state index in [-0.39, 0.29) is 11.4 Å². The lowest BCUT2D eigenvalue weighted by atomic mass is 10.1. The molecule has 3 N–H and O–H groups in total. The van der Waals surface area contributed by atoms with Gasteiger partial charge < -0.3 is 11.1 Å². The summed E-state index contributed by atoms with van der Waals surface area (Å²) in [6.07, 6.45) is 1.33. The number of nitro benzene ring substituents is 1. The number of hydrogen-bond acceptors (Lipinski definition) is 4. The molecule has 92 valence electrons. The van der Waals surface area contributed by atoms with Crippen LogP contribution in [0.3, 0.4) is 0 Å². The van der Waals surface area contributed by atoms with E-state index in [4.69, 9.17) is 5.73 Å². The summed E-state index contributed by atoms with van der Waals surface area (Å²) in [4.78, 5) is 21.8. The minimum Gasteiger partial charge on any atom is -0.320 e. The van der Waals surface area contributed by atoms with Crippen molar-refractivity contribution in [1.82, 2.24) is 0 Å². The Kier molecular flexibility index (Phi) is 4.59. The molecule has 0 bridgehead atoms. The number of carbonyl (C=O) groups excluding carboxylic acids is 1. The molecule has 0 spiro atoms. The van der Waals surface area contributed by atoms with Gasteiger partial charge in [0, 0.05) is 6.07 Å². The maximum Gasteiger partial charge on any atom is 0.292 e. The predicted molar refractivity (Wildman–Crippen MR) is 64.6 cm³/mol. The van der Waals surface area contributed by atoms with Gasteiger partial charge in [-0.1, -0.05) is 25.5 Å². The summed E-state index contributed by atoms with van der Waals surface area (Å²) in [7, 11) is 0. The third-order valence-electron chi connectivity index (χ3n) is 2.30. The second-order valence-corrected chi connectivity index (χ2v) is 3.66. The van der Waals surface area contributed by atoms with Gasteiger partial charge in [0.1, 0.15) is 5.69 Å². The minimum absolute atomic E-state index is 0.135. The fourth-order valence-electron chi connectivity index (χ4n) is 1.41. The zero-order valence-corrected chi connectivity index (χ0v) is 9.55. The lowest BCUT2D eigenvalue weighted by Crippen LogP contribution is -2.35. The largest absolute Gasteiger partial charge is 0.320 e. The SMILES string of the molecule is CCC[C@@H](N)C(=O)Nc1ccccc1[N+](=O)[O-]. The van der Waals surface area contributed by atoms with Gasteiger partial charge >= 0.3 is 0 Å². The van der Waals surface area contributed by atoms with E-state index >= 15 is 0 Å². The molecule has 1 atom stereocenters. The highest BCUT2D eigenvalue weighted by atomic mass is 16.6. The van der Waals surface area contributed by atoms with Crippen molar-refractivity contribution in [2.24, 2.45) is 5.73 Å². The number of nitro groups is 1. The zero-order chi connectivity index (χ0) is 12.8. The van der Waals surface area contributed by atoms with Crippen LogP contribution in [0.2, 0.25) is 0 Å². The number of rotatable bonds is 5. The van der Waals surface area contributed by atoms with Crippen LogP contribution in [0, 0.1) is 10.1 Å². The van der Waals surface area contributed by atoms with E-state index in [1.54, 1.807) is 12.1 Å². The molecular weight excluding hydrogens is 222 g/mol. The van der Waals surface area contributed by atoms with Gasteiger partial charge in [0.2, 0.25) is 5.91 Å². The summed E-state index contributed by atoms with van der Waals surface area (Å²) in [6.45, 7) is 1.91. The number of carbonyl (C=O) groups is 1. The topological polar surface area (TPSA) is 98.3 Å². The van der Waals surface area contributed by atoms with Crippen molar-refractivity contribution >= 4 is 17.3 Å². The van der Waals surface area contributed by atoms with Gasteiger partial charge in [-0.15, -0.1) is 0 Å². The molecule has 0 heterocycles. The molecule has 0 saturated carbocycles. The van der Waals surface area contributed by atoms with Gasteiger partial charge in [-0.25, -0.2) is 0 Å². The minimum atomic E-state index is -0.639. The molecule has 0 aliphatic rings. The van der Waals surface area contributed by atoms with Crippen molar-refractivity contribution in [3.63, 3.8) is 0 Å². The van der Waals surface area contributed by atoms with Crippen LogP contribution in [-0.2, 0) is 4.79 Å². The summed E-state index contributed by atoms with van der Waals surface area (Å²) in [5, 5.41) is 13.2. The maximum absolute atomic E-state index is 11.6. The van der Waals surface area contributed by atoms with E-state index in [0.717, 1.165) is 6.42 Å². The fraction of sp³-hybridized carbons (Fsp3) is 0.364. The second-order valence-electron chi connectivity index (χ2n) is 3.66. The van der Waals surface area contributed by atoms with Crippen molar-refractivity contribution in [2.75, 3.05) is 5.32 Å². The Balaban J connectivity index is 2.81. The van der Waals surface area contributed by atoms with E-state index in [1.165, 1.54) is 12.1 Å². The number of amides is 1. The zero-order valence-electron chi connectivity index (χ0n) is 9.55. The van der Waals surface area contributed by atoms with Crippen molar-refractivity contribution in [3.05, 3.63) is 34.4 Å². The number of nitrogens with two attached hydrogens (primary N) is 1. The van der Waals surface area contributed by atoms with Crippen LogP contribution < -0.4 is 11.1 Å². The summed E-state index contributed by atoms with van der Waals surface area (Å²) in [5.74, 6) is -0.402. The molecule has 1 aromatic carbocycles. The van der Waals surface area contributed by atoms with E-state index in [2.05, 4.69) is 5.32 Å². The average molecular weight is 237 g/mol. The van der Waals surface area contributed by atoms with Crippen molar-refractivity contribution in [2.45, 2.75) is 25.8 Å². The molecule has 1 amide bonds. The number of nitrogens with one attached hydrogen (secondary N) is 1. The average Bonchev–Trinajstić information content (AvgIpc) is 2.29. The van der Waals surface area contributed by atoms with E-state index < -0.39 is 16.9 Å². The fourth-order valence-corrected chi connectivity index (χ4v) is 1.41. The van der Waals surface area contributed by atoms with Crippen LogP contribution in [-0.4, -0.2) is 16.9 Å². The third kappa shape index (κ3) is 3.53. The molecule has 1 rings (SSSR count). The first-order valence-corrected chi connectivity index (χ1v) is 5.36. The van der Waals surface area contributed by atoms with Crippen LogP contribution in [0.25, 0.3) is 0 Å². The van der Waals surface area contributed by atoms with Crippen molar-refractivity contribution in [3.8, 4) is 0 Å². The predicted octanol–water partition coefficient (Wildman–Crippen LogP) is 1.66. The molecule has 0 unspecified atom stereocenters. The van der Waals surface area contributed by atoms with Crippen molar-refractivity contribution < 1.29 is 9.72 Å². The highest BCUT2D eigenvalue weighted by Gasteiger charge is 2.18. The Morgan fingerprint density at radius 1 is 1.53 bits per heavy atom. The number of nitrogens with zero attached hydrogens (tertiary/aromatic N) is 1. The van der Waals surface area contributed by atoms with Gasteiger partial charge in [-0.2, -0.15) is 0 Å². The van der Waals surface area contributed by atoms with Crippen LogP contribution in [0.5, 0.6) is 0 Å². The number of hydrogen-bond donors (Lipinski definition) is 2. The van der Waals surface area contributed by atoms with Gasteiger partial charge in [0.25, 0.3) is 5.69 Å². The molecule has 0 aliphatic carbocycles. The molecule has 0 fully saturated rings. The lowest BCUT2D eigenvalue weighted by Gasteiger charge is -2.11. The first-order chi connectivity index (χ1) is 8.06. The van der Waals surface area contributed by atoms with Crippen LogP contribution >= 0.6 is 0 Å². The Morgan fingerprint density at radius 2 is 2.18 bits per heavy atom. The van der Waals surface area contributed by atoms with E-state index in [0.29, 0.717) is 6.42 Å². The van der Waals surface area contributed by atoms with Gasteiger partial charge in [-0.3, -0.25) is 14.9 Å². The quantitative estimate of drug-likeness (QED) is 0.601. The summed E-state index contributed by atoms with van der Waals surface area (Å²) >= 11 is 0. The molecule has 6 heteroatoms. The molecule has 0 saturated heterocycles. The van der Waals surface area contributed by atoms with Crippen LogP contribution in [0.1, 0.15) is 19.8 Å². The molecule has 6 nitrogen and oxygen atoms in total. The third-order valence-corrected chi connectivity index (χ3v) is 2.30. The standard InChI is InChI=1S/C11H15N3O3/c1-2-5-8(12)11(15)13-9-6-3-4-7-10(9)14(16)17/h3-4,6-8H,2,5,12H2,1H3,(H,13,15)/t8-/m1/s1. The Hall–Kier alpha value is -1.95. The Bertz CT molecular complexity index is 420. The van der Waals surface area contributed by atoms with Crippen molar-refractivity contribution in [1.29, 1.82) is 0 Å². The normalized spacial score (nSPS) is 11.9. The van der Waals surface area contributed by atoms with Crippen LogP contribution in [0.15, 0.2) is 24.3 Å².